The fraction of sp³-hybridized carbons (Fsp3) is 0.500. The van der Waals surface area contributed by atoms with Gasteiger partial charge in [-0.3, -0.25) is 9.36 Å². The van der Waals surface area contributed by atoms with Gasteiger partial charge in [-0.05, 0) is 38.5 Å². The van der Waals surface area contributed by atoms with Crippen molar-refractivity contribution in [2.45, 2.75) is 44.6 Å². The first-order valence-corrected chi connectivity index (χ1v) is 9.70. The molecule has 0 unspecified atom stereocenters. The van der Waals surface area contributed by atoms with Crippen LogP contribution in [0.5, 0.6) is 0 Å². The Kier molecular flexibility index (Phi) is 5.67. The molecule has 3 N–H and O–H groups in total. The van der Waals surface area contributed by atoms with E-state index in [0.29, 0.717) is 11.7 Å². The topological polar surface area (TPSA) is 122 Å². The summed E-state index contributed by atoms with van der Waals surface area (Å²) in [4.78, 5) is 24.6. The second-order valence-corrected chi connectivity index (χ2v) is 7.61. The molecule has 3 rings (SSSR count). The summed E-state index contributed by atoms with van der Waals surface area (Å²) in [5.74, 6) is 0.622. The molecule has 2 heterocycles. The van der Waals surface area contributed by atoms with Crippen LogP contribution >= 0.6 is 0 Å². The van der Waals surface area contributed by atoms with Gasteiger partial charge >= 0.3 is 0 Å². The fourth-order valence-corrected chi connectivity index (χ4v) is 3.95. The Labute approximate surface area is 149 Å². The summed E-state index contributed by atoms with van der Waals surface area (Å²) in [5, 5.41) is 0. The number of imidazole rings is 1. The van der Waals surface area contributed by atoms with E-state index < -0.39 is 17.3 Å². The van der Waals surface area contributed by atoms with Gasteiger partial charge < -0.3 is 10.3 Å². The largest absolute Gasteiger partial charge is 0.598 e. The van der Waals surface area contributed by atoms with E-state index in [9.17, 15) is 9.35 Å². The number of carbonyl (C=O) groups is 1. The van der Waals surface area contributed by atoms with E-state index in [1.807, 2.05) is 6.92 Å². The first kappa shape index (κ1) is 17.8. The SMILES string of the molecule is CC[S@@+]([O-])NC1CCC(c2cnc(-n3ccnc3)nc2C(N)=O)CC1. The highest BCUT2D eigenvalue weighted by atomic mass is 32.2. The molecule has 0 aromatic carbocycles. The third-order valence-electron chi connectivity index (χ3n) is 4.50. The molecule has 0 aliphatic heterocycles. The first-order valence-electron chi connectivity index (χ1n) is 8.38. The zero-order valence-electron chi connectivity index (χ0n) is 14.1. The van der Waals surface area contributed by atoms with Crippen LogP contribution in [0.15, 0.2) is 24.9 Å². The minimum Gasteiger partial charge on any atom is -0.598 e. The van der Waals surface area contributed by atoms with Crippen molar-refractivity contribution in [3.05, 3.63) is 36.2 Å². The Morgan fingerprint density at radius 3 is 2.80 bits per heavy atom. The van der Waals surface area contributed by atoms with Crippen molar-refractivity contribution >= 4 is 17.3 Å². The van der Waals surface area contributed by atoms with Crippen molar-refractivity contribution < 1.29 is 9.35 Å². The van der Waals surface area contributed by atoms with Crippen LogP contribution in [-0.2, 0) is 11.4 Å². The van der Waals surface area contributed by atoms with Gasteiger partial charge in [0.15, 0.2) is 0 Å². The molecule has 1 atom stereocenters. The van der Waals surface area contributed by atoms with Gasteiger partial charge in [-0.15, -0.1) is 4.72 Å². The molecule has 8 nitrogen and oxygen atoms in total. The minimum absolute atomic E-state index is 0.187. The van der Waals surface area contributed by atoms with E-state index in [1.165, 1.54) is 0 Å². The lowest BCUT2D eigenvalue weighted by Gasteiger charge is -2.29. The summed E-state index contributed by atoms with van der Waals surface area (Å²) < 4.78 is 16.4. The van der Waals surface area contributed by atoms with Gasteiger partial charge in [0, 0.05) is 35.5 Å². The van der Waals surface area contributed by atoms with Crippen molar-refractivity contribution in [1.82, 2.24) is 24.2 Å². The number of hydrogen-bond donors (Lipinski definition) is 2. The molecule has 9 heteroatoms. The summed E-state index contributed by atoms with van der Waals surface area (Å²) in [6.45, 7) is 1.90. The van der Waals surface area contributed by atoms with Crippen LogP contribution in [0.1, 0.15) is 54.6 Å². The summed E-state index contributed by atoms with van der Waals surface area (Å²) >= 11 is -0.970. The maximum Gasteiger partial charge on any atom is 0.267 e. The zero-order chi connectivity index (χ0) is 17.8. The highest BCUT2D eigenvalue weighted by Gasteiger charge is 2.28. The average molecular weight is 362 g/mol. The molecule has 1 amide bonds. The van der Waals surface area contributed by atoms with Crippen LogP contribution in [-0.4, -0.2) is 41.8 Å². The van der Waals surface area contributed by atoms with E-state index in [1.54, 1.807) is 29.5 Å². The number of amides is 1. The summed E-state index contributed by atoms with van der Waals surface area (Å²) in [6.07, 6.45) is 10.2. The number of nitrogens with two attached hydrogens (primary N) is 1. The predicted octanol–water partition coefficient (Wildman–Crippen LogP) is 1.06. The monoisotopic (exact) mass is 362 g/mol. The fourth-order valence-electron chi connectivity index (χ4n) is 3.17. The number of nitrogens with one attached hydrogen (secondary N) is 1. The normalized spacial score (nSPS) is 21.8. The predicted molar refractivity (Wildman–Crippen MR) is 94.5 cm³/mol. The van der Waals surface area contributed by atoms with Gasteiger partial charge in [0.1, 0.15) is 17.8 Å². The number of nitrogens with zero attached hydrogens (tertiary/aromatic N) is 4. The highest BCUT2D eigenvalue weighted by molar-refractivity contribution is 7.89. The van der Waals surface area contributed by atoms with Crippen LogP contribution in [0.25, 0.3) is 5.95 Å². The van der Waals surface area contributed by atoms with Gasteiger partial charge in [-0.2, -0.15) is 0 Å². The molecule has 1 aliphatic rings. The molecule has 1 saturated carbocycles. The number of hydrogen-bond acceptors (Lipinski definition) is 6. The zero-order valence-corrected chi connectivity index (χ0v) is 14.9. The summed E-state index contributed by atoms with van der Waals surface area (Å²) in [6, 6.07) is 0.250. The summed E-state index contributed by atoms with van der Waals surface area (Å²) in [5.41, 5.74) is 6.62. The molecule has 1 aliphatic carbocycles. The van der Waals surface area contributed by atoms with Crippen molar-refractivity contribution in [3.63, 3.8) is 0 Å². The Morgan fingerprint density at radius 2 is 2.20 bits per heavy atom. The van der Waals surface area contributed by atoms with E-state index >= 15 is 0 Å². The molecule has 0 bridgehead atoms. The molecule has 134 valence electrons. The number of carbonyl (C=O) groups excluding carboxylic acids is 1. The Morgan fingerprint density at radius 1 is 1.44 bits per heavy atom. The maximum atomic E-state index is 11.9. The Hall–Kier alpha value is -1.97. The lowest BCUT2D eigenvalue weighted by Crippen LogP contribution is -2.38. The van der Waals surface area contributed by atoms with Gasteiger partial charge in [0.25, 0.3) is 5.91 Å². The number of aromatic nitrogens is 4. The van der Waals surface area contributed by atoms with Crippen LogP contribution in [0.2, 0.25) is 0 Å². The standard InChI is InChI=1S/C16H22N6O2S/c1-2-25(24)21-12-5-3-11(4-6-12)13-9-19-16(20-14(13)15(17)23)22-8-7-18-10-22/h7-12,21H,2-6H2,1H3,(H2,17,23)/t11?,12?,25-/m1/s1. The van der Waals surface area contributed by atoms with E-state index in [0.717, 1.165) is 31.2 Å². The molecular formula is C16H22N6O2S. The Balaban J connectivity index is 1.75. The average Bonchev–Trinajstić information content (AvgIpc) is 3.16. The number of rotatable bonds is 6. The molecule has 2 aromatic rings. The van der Waals surface area contributed by atoms with Crippen LogP contribution in [0.4, 0.5) is 0 Å². The van der Waals surface area contributed by atoms with Crippen molar-refractivity contribution in [1.29, 1.82) is 0 Å². The van der Waals surface area contributed by atoms with E-state index in [2.05, 4.69) is 19.7 Å². The lowest BCUT2D eigenvalue weighted by molar-refractivity contribution is 0.0993. The van der Waals surface area contributed by atoms with Crippen molar-refractivity contribution in [2.75, 3.05) is 5.75 Å². The van der Waals surface area contributed by atoms with Crippen molar-refractivity contribution in [3.8, 4) is 5.95 Å². The smallest absolute Gasteiger partial charge is 0.267 e. The summed E-state index contributed by atoms with van der Waals surface area (Å²) in [7, 11) is 0. The molecular weight excluding hydrogens is 340 g/mol. The molecule has 0 saturated heterocycles. The molecule has 0 radical (unpaired) electrons. The highest BCUT2D eigenvalue weighted by Crippen LogP contribution is 2.34. The molecule has 2 aromatic heterocycles. The van der Waals surface area contributed by atoms with Crippen LogP contribution < -0.4 is 10.5 Å². The molecule has 0 spiro atoms. The third-order valence-corrected chi connectivity index (χ3v) is 5.62. The van der Waals surface area contributed by atoms with E-state index in [-0.39, 0.29) is 17.7 Å². The van der Waals surface area contributed by atoms with Gasteiger partial charge in [0.2, 0.25) is 5.95 Å². The minimum atomic E-state index is -0.970. The molecule has 25 heavy (non-hydrogen) atoms. The van der Waals surface area contributed by atoms with Crippen molar-refractivity contribution in [2.24, 2.45) is 5.73 Å². The second-order valence-electron chi connectivity index (χ2n) is 6.11. The van der Waals surface area contributed by atoms with Gasteiger partial charge in [0.05, 0.1) is 6.04 Å². The lowest BCUT2D eigenvalue weighted by atomic mass is 9.82. The van der Waals surface area contributed by atoms with E-state index in [4.69, 9.17) is 5.73 Å². The van der Waals surface area contributed by atoms with Gasteiger partial charge in [-0.25, -0.2) is 15.0 Å². The van der Waals surface area contributed by atoms with Gasteiger partial charge in [-0.1, -0.05) is 0 Å². The van der Waals surface area contributed by atoms with Crippen LogP contribution in [0, 0.1) is 0 Å². The molecule has 1 fully saturated rings. The third kappa shape index (κ3) is 4.17. The second kappa shape index (κ2) is 7.94. The quantitative estimate of drug-likeness (QED) is 0.741. The number of primary amides is 1. The first-order chi connectivity index (χ1) is 12.1. The Bertz CT molecular complexity index is 715. The van der Waals surface area contributed by atoms with Crippen LogP contribution in [0.3, 0.4) is 0 Å². The maximum absolute atomic E-state index is 11.9.